The van der Waals surface area contributed by atoms with E-state index in [1.54, 1.807) is 19.1 Å². The number of pyridine rings is 1. The van der Waals surface area contributed by atoms with Crippen molar-refractivity contribution in [2.24, 2.45) is 0 Å². The molecular formula is C18H19ClN4O2. The highest BCUT2D eigenvalue weighted by Gasteiger charge is 2.15. The number of benzene rings is 1. The highest BCUT2D eigenvalue weighted by Crippen LogP contribution is 2.21. The molecule has 0 spiro atoms. The number of fused-ring (bicyclic) bond motifs is 1. The number of aryl methyl sites for hydroxylation is 1. The van der Waals surface area contributed by atoms with Gasteiger partial charge in [-0.3, -0.25) is 9.20 Å². The Kier molecular flexibility index (Phi) is 5.19. The number of nitrogens with zero attached hydrogens (tertiary/aromatic N) is 3. The Morgan fingerprint density at radius 3 is 2.96 bits per heavy atom. The average Bonchev–Trinajstić information content (AvgIpc) is 3.01. The van der Waals surface area contributed by atoms with E-state index in [4.69, 9.17) is 16.3 Å². The lowest BCUT2D eigenvalue weighted by Gasteiger charge is -2.15. The summed E-state index contributed by atoms with van der Waals surface area (Å²) in [4.78, 5) is 12.2. The third-order valence-electron chi connectivity index (χ3n) is 3.84. The van der Waals surface area contributed by atoms with Crippen LogP contribution >= 0.6 is 11.6 Å². The second kappa shape index (κ2) is 7.53. The van der Waals surface area contributed by atoms with Crippen LogP contribution < -0.4 is 10.1 Å². The third-order valence-corrected chi connectivity index (χ3v) is 4.27. The number of hydrogen-bond acceptors (Lipinski definition) is 4. The second-order valence-electron chi connectivity index (χ2n) is 5.76. The van der Waals surface area contributed by atoms with Crippen LogP contribution in [0.2, 0.25) is 5.02 Å². The van der Waals surface area contributed by atoms with Gasteiger partial charge in [0, 0.05) is 24.2 Å². The van der Waals surface area contributed by atoms with Gasteiger partial charge in [0.25, 0.3) is 5.91 Å². The zero-order chi connectivity index (χ0) is 17.8. The van der Waals surface area contributed by atoms with E-state index >= 15 is 0 Å². The number of amides is 1. The van der Waals surface area contributed by atoms with E-state index in [9.17, 15) is 4.79 Å². The molecule has 3 rings (SSSR count). The minimum absolute atomic E-state index is 0.179. The van der Waals surface area contributed by atoms with Gasteiger partial charge in [-0.15, -0.1) is 10.2 Å². The molecule has 0 aliphatic rings. The topological polar surface area (TPSA) is 68.5 Å². The predicted molar refractivity (Wildman–Crippen MR) is 96.0 cm³/mol. The molecule has 25 heavy (non-hydrogen) atoms. The number of hydrogen-bond donors (Lipinski definition) is 1. The first-order valence-corrected chi connectivity index (χ1v) is 8.41. The molecule has 0 aliphatic heterocycles. The Hall–Kier alpha value is -2.60. The van der Waals surface area contributed by atoms with Gasteiger partial charge in [0.1, 0.15) is 11.6 Å². The van der Waals surface area contributed by atoms with Gasteiger partial charge in [0.15, 0.2) is 11.8 Å². The van der Waals surface area contributed by atoms with Crippen molar-refractivity contribution in [2.45, 2.75) is 26.4 Å². The Morgan fingerprint density at radius 1 is 1.32 bits per heavy atom. The summed E-state index contributed by atoms with van der Waals surface area (Å²) in [5.41, 5.74) is 1.70. The summed E-state index contributed by atoms with van der Waals surface area (Å²) < 4.78 is 7.57. The zero-order valence-corrected chi connectivity index (χ0v) is 14.8. The smallest absolute Gasteiger partial charge is 0.260 e. The predicted octanol–water partition coefficient (Wildman–Crippen LogP) is 2.82. The Balaban J connectivity index is 1.52. The van der Waals surface area contributed by atoms with Crippen molar-refractivity contribution in [3.05, 3.63) is 59.0 Å². The summed E-state index contributed by atoms with van der Waals surface area (Å²) in [7, 11) is 0. The first-order chi connectivity index (χ1) is 12.0. The number of carbonyl (C=O) groups excluding carboxylic acids is 1. The van der Waals surface area contributed by atoms with Crippen molar-refractivity contribution in [3.8, 4) is 5.75 Å². The summed E-state index contributed by atoms with van der Waals surface area (Å²) in [6, 6.07) is 11.0. The highest BCUT2D eigenvalue weighted by molar-refractivity contribution is 6.31. The van der Waals surface area contributed by atoms with E-state index in [0.29, 0.717) is 23.7 Å². The van der Waals surface area contributed by atoms with Crippen LogP contribution in [0.3, 0.4) is 0 Å². The van der Waals surface area contributed by atoms with Crippen molar-refractivity contribution < 1.29 is 9.53 Å². The summed E-state index contributed by atoms with van der Waals surface area (Å²) in [6.45, 7) is 4.07. The third kappa shape index (κ3) is 4.09. The van der Waals surface area contributed by atoms with Gasteiger partial charge in [-0.2, -0.15) is 0 Å². The fraction of sp³-hybridized carbons (Fsp3) is 0.278. The van der Waals surface area contributed by atoms with Crippen LogP contribution in [0.4, 0.5) is 0 Å². The van der Waals surface area contributed by atoms with Crippen LogP contribution in [0.1, 0.15) is 18.3 Å². The number of rotatable bonds is 6. The maximum Gasteiger partial charge on any atom is 0.260 e. The minimum Gasteiger partial charge on any atom is -0.481 e. The first kappa shape index (κ1) is 17.2. The van der Waals surface area contributed by atoms with E-state index in [1.165, 1.54) is 0 Å². The molecule has 2 aromatic heterocycles. The van der Waals surface area contributed by atoms with Gasteiger partial charge in [-0.05, 0) is 49.7 Å². The molecule has 0 bridgehead atoms. The monoisotopic (exact) mass is 358 g/mol. The number of aromatic nitrogens is 3. The quantitative estimate of drug-likeness (QED) is 0.735. The molecule has 1 N–H and O–H groups in total. The molecule has 1 amide bonds. The van der Waals surface area contributed by atoms with Crippen LogP contribution in [0.5, 0.6) is 5.75 Å². The van der Waals surface area contributed by atoms with Crippen molar-refractivity contribution in [2.75, 3.05) is 6.54 Å². The molecule has 130 valence electrons. The van der Waals surface area contributed by atoms with Gasteiger partial charge in [-0.25, -0.2) is 0 Å². The molecule has 2 heterocycles. The molecular weight excluding hydrogens is 340 g/mol. The van der Waals surface area contributed by atoms with Crippen LogP contribution in [0, 0.1) is 6.92 Å². The van der Waals surface area contributed by atoms with Gasteiger partial charge < -0.3 is 10.1 Å². The summed E-state index contributed by atoms with van der Waals surface area (Å²) in [5, 5.41) is 11.8. The largest absolute Gasteiger partial charge is 0.481 e. The number of halogens is 1. The van der Waals surface area contributed by atoms with Gasteiger partial charge in [0.2, 0.25) is 0 Å². The zero-order valence-electron chi connectivity index (χ0n) is 14.1. The van der Waals surface area contributed by atoms with Crippen LogP contribution in [0.25, 0.3) is 5.65 Å². The summed E-state index contributed by atoms with van der Waals surface area (Å²) >= 11 is 5.99. The van der Waals surface area contributed by atoms with Crippen LogP contribution in [-0.4, -0.2) is 33.2 Å². The lowest BCUT2D eigenvalue weighted by Crippen LogP contribution is -2.37. The molecule has 0 saturated carbocycles. The normalized spacial score (nSPS) is 12.1. The maximum atomic E-state index is 12.2. The van der Waals surface area contributed by atoms with Crippen LogP contribution in [-0.2, 0) is 11.2 Å². The molecule has 3 aromatic rings. The summed E-state index contributed by atoms with van der Waals surface area (Å²) in [6.07, 6.45) is 1.89. The van der Waals surface area contributed by atoms with Crippen molar-refractivity contribution >= 4 is 23.2 Å². The SMILES string of the molecule is Cc1cc(OC(C)C(=O)NCCc2nnc3ccccn23)ccc1Cl. The van der Waals surface area contributed by atoms with Crippen molar-refractivity contribution in [1.82, 2.24) is 19.9 Å². The van der Waals surface area contributed by atoms with E-state index in [1.807, 2.05) is 41.8 Å². The molecule has 1 aromatic carbocycles. The molecule has 6 nitrogen and oxygen atoms in total. The molecule has 1 atom stereocenters. The lowest BCUT2D eigenvalue weighted by atomic mass is 10.2. The molecule has 0 saturated heterocycles. The van der Waals surface area contributed by atoms with Crippen molar-refractivity contribution in [3.63, 3.8) is 0 Å². The molecule has 1 unspecified atom stereocenters. The number of nitrogens with one attached hydrogen (secondary N) is 1. The van der Waals surface area contributed by atoms with E-state index in [0.717, 1.165) is 17.0 Å². The van der Waals surface area contributed by atoms with Gasteiger partial charge >= 0.3 is 0 Å². The standard InChI is InChI=1S/C18H19ClN4O2/c1-12-11-14(6-7-15(12)19)25-13(2)18(24)20-9-8-17-22-21-16-5-3-4-10-23(16)17/h3-7,10-11,13H,8-9H2,1-2H3,(H,20,24). The van der Waals surface area contributed by atoms with E-state index in [2.05, 4.69) is 15.5 Å². The van der Waals surface area contributed by atoms with E-state index in [-0.39, 0.29) is 5.91 Å². The van der Waals surface area contributed by atoms with Crippen LogP contribution in [0.15, 0.2) is 42.6 Å². The molecule has 7 heteroatoms. The fourth-order valence-corrected chi connectivity index (χ4v) is 2.57. The fourth-order valence-electron chi connectivity index (χ4n) is 2.45. The molecule has 0 aliphatic carbocycles. The molecule has 0 radical (unpaired) electrons. The Bertz CT molecular complexity index is 894. The molecule has 0 fully saturated rings. The second-order valence-corrected chi connectivity index (χ2v) is 6.16. The first-order valence-electron chi connectivity index (χ1n) is 8.04. The Morgan fingerprint density at radius 2 is 2.16 bits per heavy atom. The minimum atomic E-state index is -0.601. The Labute approximate surface area is 150 Å². The highest BCUT2D eigenvalue weighted by atomic mass is 35.5. The van der Waals surface area contributed by atoms with Crippen molar-refractivity contribution in [1.29, 1.82) is 0 Å². The van der Waals surface area contributed by atoms with E-state index < -0.39 is 6.10 Å². The maximum absolute atomic E-state index is 12.2. The van der Waals surface area contributed by atoms with Gasteiger partial charge in [-0.1, -0.05) is 17.7 Å². The lowest BCUT2D eigenvalue weighted by molar-refractivity contribution is -0.127. The van der Waals surface area contributed by atoms with Gasteiger partial charge in [0.05, 0.1) is 0 Å². The average molecular weight is 359 g/mol. The number of ether oxygens (including phenoxy) is 1. The number of carbonyl (C=O) groups is 1. The summed E-state index contributed by atoms with van der Waals surface area (Å²) in [5.74, 6) is 1.24.